The third-order valence-electron chi connectivity index (χ3n) is 4.86. The smallest absolute Gasteiger partial charge is 0.339 e. The fraction of sp³-hybridized carbons (Fsp3) is 0.190. The number of non-ortho nitro benzene ring substituents is 1. The Kier molecular flexibility index (Phi) is 4.57. The maximum absolute atomic E-state index is 12.8. The first kappa shape index (κ1) is 17.8. The first-order valence-corrected chi connectivity index (χ1v) is 8.90. The number of ether oxygens (including phenoxy) is 1. The van der Waals surface area contributed by atoms with Crippen molar-refractivity contribution in [3.63, 3.8) is 0 Å². The second kappa shape index (κ2) is 7.19. The number of rotatable bonds is 5. The van der Waals surface area contributed by atoms with Crippen LogP contribution in [0.5, 0.6) is 0 Å². The molecule has 7 nitrogen and oxygen atoms in total. The van der Waals surface area contributed by atoms with Crippen LogP contribution in [-0.2, 0) is 17.6 Å². The Morgan fingerprint density at radius 2 is 1.82 bits per heavy atom. The highest BCUT2D eigenvalue weighted by molar-refractivity contribution is 6.06. The molecule has 2 aromatic carbocycles. The van der Waals surface area contributed by atoms with Gasteiger partial charge in [-0.3, -0.25) is 19.9 Å². The van der Waals surface area contributed by atoms with E-state index in [9.17, 15) is 19.7 Å². The van der Waals surface area contributed by atoms with Gasteiger partial charge in [0.05, 0.1) is 16.0 Å². The fourth-order valence-electron chi connectivity index (χ4n) is 3.50. The van der Waals surface area contributed by atoms with Crippen molar-refractivity contribution in [1.29, 1.82) is 0 Å². The van der Waals surface area contributed by atoms with Crippen molar-refractivity contribution < 1.29 is 19.2 Å². The van der Waals surface area contributed by atoms with Gasteiger partial charge in [-0.25, -0.2) is 4.79 Å². The lowest BCUT2D eigenvalue weighted by Gasteiger charge is -2.12. The van der Waals surface area contributed by atoms with Crippen molar-refractivity contribution in [3.8, 4) is 0 Å². The molecule has 1 aliphatic rings. The number of hydrogen-bond donors (Lipinski definition) is 0. The van der Waals surface area contributed by atoms with E-state index in [-0.39, 0.29) is 11.3 Å². The Labute approximate surface area is 160 Å². The second-order valence-corrected chi connectivity index (χ2v) is 6.59. The van der Waals surface area contributed by atoms with Gasteiger partial charge in [-0.1, -0.05) is 18.2 Å². The van der Waals surface area contributed by atoms with E-state index in [1.54, 1.807) is 0 Å². The molecule has 7 heteroatoms. The zero-order valence-corrected chi connectivity index (χ0v) is 14.9. The molecule has 3 aromatic rings. The minimum Gasteiger partial charge on any atom is -0.454 e. The molecule has 0 radical (unpaired) electrons. The number of aromatic nitrogens is 1. The van der Waals surface area contributed by atoms with Crippen LogP contribution in [0.15, 0.2) is 48.5 Å². The van der Waals surface area contributed by atoms with Gasteiger partial charge in [-0.2, -0.15) is 0 Å². The summed E-state index contributed by atoms with van der Waals surface area (Å²) in [4.78, 5) is 39.9. The van der Waals surface area contributed by atoms with E-state index < -0.39 is 23.3 Å². The molecule has 0 spiro atoms. The number of nitro benzene ring substituents is 1. The van der Waals surface area contributed by atoms with Crippen molar-refractivity contribution >= 4 is 28.3 Å². The van der Waals surface area contributed by atoms with E-state index in [1.165, 1.54) is 24.3 Å². The van der Waals surface area contributed by atoms with Gasteiger partial charge in [0, 0.05) is 28.8 Å². The molecule has 1 aromatic heterocycles. The summed E-state index contributed by atoms with van der Waals surface area (Å²) in [6.07, 6.45) is 2.51. The van der Waals surface area contributed by atoms with Gasteiger partial charge in [0.15, 0.2) is 12.4 Å². The first-order chi connectivity index (χ1) is 13.5. The largest absolute Gasteiger partial charge is 0.454 e. The van der Waals surface area contributed by atoms with Crippen molar-refractivity contribution in [2.24, 2.45) is 0 Å². The first-order valence-electron chi connectivity index (χ1n) is 8.90. The Bertz CT molecular complexity index is 1110. The number of hydrogen-bond acceptors (Lipinski definition) is 6. The lowest BCUT2D eigenvalue weighted by molar-refractivity contribution is -0.384. The minimum atomic E-state index is -0.549. The number of nitrogens with zero attached hydrogens (tertiary/aromatic N) is 2. The Hall–Kier alpha value is -3.61. The van der Waals surface area contributed by atoms with Gasteiger partial charge in [-0.05, 0) is 43.0 Å². The summed E-state index contributed by atoms with van der Waals surface area (Å²) in [7, 11) is 0. The van der Waals surface area contributed by atoms with E-state index in [4.69, 9.17) is 4.74 Å². The molecule has 0 atom stereocenters. The number of pyridine rings is 1. The molecule has 0 aliphatic heterocycles. The molecular weight excluding hydrogens is 360 g/mol. The van der Waals surface area contributed by atoms with Crippen molar-refractivity contribution in [2.45, 2.75) is 19.3 Å². The van der Waals surface area contributed by atoms with Gasteiger partial charge in [0.25, 0.3) is 5.69 Å². The summed E-state index contributed by atoms with van der Waals surface area (Å²) < 4.78 is 5.31. The molecule has 1 aliphatic carbocycles. The van der Waals surface area contributed by atoms with Crippen molar-refractivity contribution in [3.05, 3.63) is 81.0 Å². The number of carbonyl (C=O) groups excluding carboxylic acids is 2. The summed E-state index contributed by atoms with van der Waals surface area (Å²) in [5.41, 5.74) is 3.17. The number of benzene rings is 2. The molecule has 1 heterocycles. The number of esters is 1. The molecule has 4 rings (SSSR count). The predicted molar refractivity (Wildman–Crippen MR) is 101 cm³/mol. The van der Waals surface area contributed by atoms with Crippen molar-refractivity contribution in [2.75, 3.05) is 6.61 Å². The van der Waals surface area contributed by atoms with Gasteiger partial charge >= 0.3 is 5.97 Å². The van der Waals surface area contributed by atoms with E-state index in [0.717, 1.165) is 41.4 Å². The van der Waals surface area contributed by atoms with Gasteiger partial charge in [-0.15, -0.1) is 0 Å². The number of nitro groups is 1. The number of Topliss-reactive ketones (excluding diaryl/α,β-unsaturated/α-hetero) is 1. The molecular formula is C21H16N2O5. The van der Waals surface area contributed by atoms with Gasteiger partial charge < -0.3 is 4.74 Å². The Morgan fingerprint density at radius 1 is 1.07 bits per heavy atom. The second-order valence-electron chi connectivity index (χ2n) is 6.59. The van der Waals surface area contributed by atoms with E-state index in [1.807, 2.05) is 24.3 Å². The predicted octanol–water partition coefficient (Wildman–Crippen LogP) is 3.67. The zero-order chi connectivity index (χ0) is 19.7. The molecule has 0 saturated carbocycles. The maximum atomic E-state index is 12.8. The summed E-state index contributed by atoms with van der Waals surface area (Å²) in [6, 6.07) is 12.6. The summed E-state index contributed by atoms with van der Waals surface area (Å²) >= 11 is 0. The fourth-order valence-corrected chi connectivity index (χ4v) is 3.50. The van der Waals surface area contributed by atoms with Crippen molar-refractivity contribution in [1.82, 2.24) is 4.98 Å². The molecule has 0 amide bonds. The van der Waals surface area contributed by atoms with Crippen LogP contribution in [0.4, 0.5) is 5.69 Å². The average Bonchev–Trinajstić information content (AvgIpc) is 3.17. The summed E-state index contributed by atoms with van der Waals surface area (Å²) in [6.45, 7) is -0.429. The van der Waals surface area contributed by atoms with Crippen LogP contribution in [0, 0.1) is 10.1 Å². The minimum absolute atomic E-state index is 0.104. The van der Waals surface area contributed by atoms with E-state index in [0.29, 0.717) is 5.56 Å². The number of aryl methyl sites for hydroxylation is 1. The normalized spacial score (nSPS) is 12.6. The lowest BCUT2D eigenvalue weighted by Crippen LogP contribution is -2.16. The highest BCUT2D eigenvalue weighted by Gasteiger charge is 2.25. The quantitative estimate of drug-likeness (QED) is 0.291. The Balaban J connectivity index is 1.56. The SMILES string of the molecule is O=C(COC(=O)c1c2c(nc3ccccc13)CCC2)c1ccc([N+](=O)[O-])cc1. The topological polar surface area (TPSA) is 99.4 Å². The van der Waals surface area contributed by atoms with Crippen LogP contribution < -0.4 is 0 Å². The average molecular weight is 376 g/mol. The summed E-state index contributed by atoms with van der Waals surface area (Å²) in [5.74, 6) is -0.967. The van der Waals surface area contributed by atoms with E-state index >= 15 is 0 Å². The molecule has 0 N–H and O–H groups in total. The lowest BCUT2D eigenvalue weighted by atomic mass is 10.0. The number of para-hydroxylation sites is 1. The third-order valence-corrected chi connectivity index (χ3v) is 4.86. The van der Waals surface area contributed by atoms with Crippen LogP contribution in [0.25, 0.3) is 10.9 Å². The third kappa shape index (κ3) is 3.22. The van der Waals surface area contributed by atoms with Gasteiger partial charge in [0.1, 0.15) is 0 Å². The molecule has 0 bridgehead atoms. The zero-order valence-electron chi connectivity index (χ0n) is 14.9. The molecule has 28 heavy (non-hydrogen) atoms. The van der Waals surface area contributed by atoms with E-state index in [2.05, 4.69) is 4.98 Å². The van der Waals surface area contributed by atoms with Crippen LogP contribution in [0.2, 0.25) is 0 Å². The number of fused-ring (bicyclic) bond motifs is 2. The van der Waals surface area contributed by atoms with Crippen LogP contribution >= 0.6 is 0 Å². The monoisotopic (exact) mass is 376 g/mol. The maximum Gasteiger partial charge on any atom is 0.339 e. The molecule has 0 saturated heterocycles. The van der Waals surface area contributed by atoms with Crippen LogP contribution in [0.1, 0.15) is 38.4 Å². The number of carbonyl (C=O) groups is 2. The van der Waals surface area contributed by atoms with Crippen LogP contribution in [-0.4, -0.2) is 28.3 Å². The molecule has 140 valence electrons. The standard InChI is InChI=1S/C21H16N2O5/c24-19(13-8-10-14(11-9-13)23(26)27)12-28-21(25)20-15-4-1-2-6-17(15)22-18-7-3-5-16(18)20/h1-2,4,6,8-11H,3,5,7,12H2. The highest BCUT2D eigenvalue weighted by atomic mass is 16.6. The highest BCUT2D eigenvalue weighted by Crippen LogP contribution is 2.30. The summed E-state index contributed by atoms with van der Waals surface area (Å²) in [5, 5.41) is 11.4. The molecule has 0 fully saturated rings. The number of ketones is 1. The molecule has 0 unspecified atom stereocenters. The van der Waals surface area contributed by atoms with Gasteiger partial charge in [0.2, 0.25) is 0 Å². The Morgan fingerprint density at radius 3 is 2.57 bits per heavy atom. The van der Waals surface area contributed by atoms with Crippen LogP contribution in [0.3, 0.4) is 0 Å².